The molecule has 0 aliphatic rings. The molecule has 0 saturated carbocycles. The van der Waals surface area contributed by atoms with Gasteiger partial charge in [0.15, 0.2) is 0 Å². The van der Waals surface area contributed by atoms with E-state index in [1.165, 1.54) is 22.1 Å². The molecule has 0 N–H and O–H groups in total. The normalized spacial score (nSPS) is 10.8. The summed E-state index contributed by atoms with van der Waals surface area (Å²) in [6.45, 7) is 2.11. The molecule has 0 saturated heterocycles. The van der Waals surface area contributed by atoms with Gasteiger partial charge >= 0.3 is 0 Å². The van der Waals surface area contributed by atoms with Crippen molar-refractivity contribution in [1.29, 1.82) is 0 Å². The molecular formula is C22H17N. The number of para-hydroxylation sites is 1. The zero-order chi connectivity index (χ0) is 15.6. The van der Waals surface area contributed by atoms with Crippen LogP contribution in [0.15, 0.2) is 84.9 Å². The molecule has 0 unspecified atom stereocenters. The molecule has 0 fully saturated rings. The summed E-state index contributed by atoms with van der Waals surface area (Å²) in [6.07, 6.45) is 0. The third-order valence-electron chi connectivity index (χ3n) is 4.16. The van der Waals surface area contributed by atoms with Crippen molar-refractivity contribution < 1.29 is 0 Å². The highest BCUT2D eigenvalue weighted by atomic mass is 14.7. The van der Waals surface area contributed by atoms with Crippen molar-refractivity contribution in [3.05, 3.63) is 90.5 Å². The first-order valence-electron chi connectivity index (χ1n) is 7.83. The van der Waals surface area contributed by atoms with Gasteiger partial charge in [-0.2, -0.15) is 0 Å². The molecule has 1 heteroatoms. The Balaban J connectivity index is 1.70. The first-order valence-corrected chi connectivity index (χ1v) is 7.83. The van der Waals surface area contributed by atoms with Crippen LogP contribution in [0.25, 0.3) is 33.3 Å². The quantitative estimate of drug-likeness (QED) is 0.450. The first kappa shape index (κ1) is 13.7. The van der Waals surface area contributed by atoms with E-state index in [2.05, 4.69) is 79.7 Å². The van der Waals surface area contributed by atoms with E-state index >= 15 is 0 Å². The second-order valence-electron chi connectivity index (χ2n) is 5.83. The van der Waals surface area contributed by atoms with Gasteiger partial charge in [0.2, 0.25) is 0 Å². The fourth-order valence-electron chi connectivity index (χ4n) is 2.81. The van der Waals surface area contributed by atoms with Gasteiger partial charge in [-0.15, -0.1) is 0 Å². The van der Waals surface area contributed by atoms with Crippen molar-refractivity contribution >= 4 is 10.9 Å². The van der Waals surface area contributed by atoms with Crippen molar-refractivity contribution in [2.24, 2.45) is 0 Å². The lowest BCUT2D eigenvalue weighted by atomic mass is 10.0. The van der Waals surface area contributed by atoms with Crippen molar-refractivity contribution in [3.63, 3.8) is 0 Å². The number of aromatic nitrogens is 1. The summed E-state index contributed by atoms with van der Waals surface area (Å²) in [6, 6.07) is 29.7. The van der Waals surface area contributed by atoms with Crippen molar-refractivity contribution in [1.82, 2.24) is 4.98 Å². The maximum atomic E-state index is 4.76. The predicted molar refractivity (Wildman–Crippen MR) is 97.4 cm³/mol. The Morgan fingerprint density at radius 1 is 0.565 bits per heavy atom. The standard InChI is InChI=1S/C22H17N/c1-16-6-8-17(9-7-16)18-10-12-20(13-11-18)22-15-14-19-4-2-3-5-21(19)23-22/h2-15H,1H3. The zero-order valence-corrected chi connectivity index (χ0v) is 13.0. The smallest absolute Gasteiger partial charge is 0.0709 e. The third-order valence-corrected chi connectivity index (χ3v) is 4.16. The van der Waals surface area contributed by atoms with Crippen LogP contribution in [0, 0.1) is 6.92 Å². The molecule has 4 rings (SSSR count). The van der Waals surface area contributed by atoms with Gasteiger partial charge in [-0.25, -0.2) is 4.98 Å². The fourth-order valence-corrected chi connectivity index (χ4v) is 2.81. The SMILES string of the molecule is Cc1ccc(-c2ccc(-c3ccc4ccccc4n3)cc2)cc1. The minimum Gasteiger partial charge on any atom is -0.248 e. The van der Waals surface area contributed by atoms with Gasteiger partial charge in [0.05, 0.1) is 11.2 Å². The van der Waals surface area contributed by atoms with E-state index in [0.29, 0.717) is 0 Å². The molecule has 3 aromatic carbocycles. The lowest BCUT2D eigenvalue weighted by Gasteiger charge is -2.06. The zero-order valence-electron chi connectivity index (χ0n) is 13.0. The van der Waals surface area contributed by atoms with Crippen LogP contribution in [0.4, 0.5) is 0 Å². The van der Waals surface area contributed by atoms with Crippen molar-refractivity contribution in [2.45, 2.75) is 6.92 Å². The van der Waals surface area contributed by atoms with Crippen LogP contribution in [0.3, 0.4) is 0 Å². The summed E-state index contributed by atoms with van der Waals surface area (Å²) < 4.78 is 0. The van der Waals surface area contributed by atoms with Gasteiger partial charge in [-0.05, 0) is 30.2 Å². The topological polar surface area (TPSA) is 12.9 Å². The van der Waals surface area contributed by atoms with Gasteiger partial charge < -0.3 is 0 Å². The maximum absolute atomic E-state index is 4.76. The maximum Gasteiger partial charge on any atom is 0.0709 e. The predicted octanol–water partition coefficient (Wildman–Crippen LogP) is 5.88. The molecule has 0 aliphatic carbocycles. The summed E-state index contributed by atoms with van der Waals surface area (Å²) in [5, 5.41) is 1.17. The molecule has 0 amide bonds. The average Bonchev–Trinajstić information content (AvgIpc) is 2.62. The highest BCUT2D eigenvalue weighted by Gasteiger charge is 2.03. The lowest BCUT2D eigenvalue weighted by molar-refractivity contribution is 1.40. The molecule has 0 radical (unpaired) electrons. The summed E-state index contributed by atoms with van der Waals surface area (Å²) in [4.78, 5) is 4.76. The summed E-state index contributed by atoms with van der Waals surface area (Å²) in [7, 11) is 0. The minimum absolute atomic E-state index is 1.01. The van der Waals surface area contributed by atoms with E-state index in [1.54, 1.807) is 0 Å². The number of hydrogen-bond donors (Lipinski definition) is 0. The van der Waals surface area contributed by atoms with Crippen LogP contribution >= 0.6 is 0 Å². The van der Waals surface area contributed by atoms with E-state index in [4.69, 9.17) is 4.98 Å². The second-order valence-corrected chi connectivity index (χ2v) is 5.83. The summed E-state index contributed by atoms with van der Waals surface area (Å²) >= 11 is 0. The molecule has 0 atom stereocenters. The van der Waals surface area contributed by atoms with Gasteiger partial charge in [-0.1, -0.05) is 78.4 Å². The number of fused-ring (bicyclic) bond motifs is 1. The second kappa shape index (κ2) is 5.69. The Morgan fingerprint density at radius 3 is 1.91 bits per heavy atom. The lowest BCUT2D eigenvalue weighted by Crippen LogP contribution is -1.85. The molecule has 23 heavy (non-hydrogen) atoms. The van der Waals surface area contributed by atoms with Crippen LogP contribution in [0.5, 0.6) is 0 Å². The van der Waals surface area contributed by atoms with E-state index < -0.39 is 0 Å². The summed E-state index contributed by atoms with van der Waals surface area (Å²) in [5.41, 5.74) is 6.95. The number of rotatable bonds is 2. The molecule has 0 spiro atoms. The van der Waals surface area contributed by atoms with Crippen molar-refractivity contribution in [3.8, 4) is 22.4 Å². The Morgan fingerprint density at radius 2 is 1.17 bits per heavy atom. The van der Waals surface area contributed by atoms with E-state index in [9.17, 15) is 0 Å². The molecule has 1 heterocycles. The van der Waals surface area contributed by atoms with Crippen LogP contribution in [0.2, 0.25) is 0 Å². The monoisotopic (exact) mass is 295 g/mol. The molecule has 110 valence electrons. The van der Waals surface area contributed by atoms with Crippen LogP contribution < -0.4 is 0 Å². The molecule has 0 bridgehead atoms. The van der Waals surface area contributed by atoms with Crippen molar-refractivity contribution in [2.75, 3.05) is 0 Å². The van der Waals surface area contributed by atoms with Gasteiger partial charge in [0, 0.05) is 10.9 Å². The number of nitrogens with zero attached hydrogens (tertiary/aromatic N) is 1. The molecule has 1 aromatic heterocycles. The number of benzene rings is 3. The Kier molecular flexibility index (Phi) is 3.39. The summed E-state index contributed by atoms with van der Waals surface area (Å²) in [5.74, 6) is 0. The Labute approximate surface area is 136 Å². The van der Waals surface area contributed by atoms with Gasteiger partial charge in [0.25, 0.3) is 0 Å². The van der Waals surface area contributed by atoms with E-state index in [0.717, 1.165) is 16.8 Å². The van der Waals surface area contributed by atoms with Crippen LogP contribution in [-0.2, 0) is 0 Å². The van der Waals surface area contributed by atoms with E-state index in [1.807, 2.05) is 12.1 Å². The third kappa shape index (κ3) is 2.74. The molecular weight excluding hydrogens is 278 g/mol. The fraction of sp³-hybridized carbons (Fsp3) is 0.0455. The average molecular weight is 295 g/mol. The molecule has 4 aromatic rings. The highest BCUT2D eigenvalue weighted by molar-refractivity contribution is 5.81. The van der Waals surface area contributed by atoms with Crippen LogP contribution in [0.1, 0.15) is 5.56 Å². The van der Waals surface area contributed by atoms with Gasteiger partial charge in [0.1, 0.15) is 0 Å². The minimum atomic E-state index is 1.01. The first-order chi connectivity index (χ1) is 11.3. The van der Waals surface area contributed by atoms with Gasteiger partial charge in [-0.3, -0.25) is 0 Å². The largest absolute Gasteiger partial charge is 0.248 e. The molecule has 0 aliphatic heterocycles. The number of hydrogen-bond acceptors (Lipinski definition) is 1. The Bertz CT molecular complexity index is 951. The van der Waals surface area contributed by atoms with E-state index in [-0.39, 0.29) is 0 Å². The highest BCUT2D eigenvalue weighted by Crippen LogP contribution is 2.25. The Hall–Kier alpha value is -2.93. The van der Waals surface area contributed by atoms with Crippen LogP contribution in [-0.4, -0.2) is 4.98 Å². The number of pyridine rings is 1. The molecule has 1 nitrogen and oxygen atoms in total. The number of aryl methyl sites for hydroxylation is 1.